The highest BCUT2D eigenvalue weighted by Gasteiger charge is 2.31. The van der Waals surface area contributed by atoms with E-state index in [1.165, 1.54) is 12.0 Å². The summed E-state index contributed by atoms with van der Waals surface area (Å²) in [7, 11) is 0. The Kier molecular flexibility index (Phi) is 4.93. The van der Waals surface area contributed by atoms with Crippen molar-refractivity contribution in [1.82, 2.24) is 0 Å². The number of nitriles is 1. The van der Waals surface area contributed by atoms with Gasteiger partial charge in [-0.05, 0) is 48.3 Å². The van der Waals surface area contributed by atoms with Crippen LogP contribution in [0.4, 0.5) is 0 Å². The summed E-state index contributed by atoms with van der Waals surface area (Å²) in [5.74, 6) is 1.64. The molecule has 3 atom stereocenters. The maximum atomic E-state index is 9.35. The molecule has 114 valence electrons. The first kappa shape index (κ1) is 15.9. The molecule has 1 aromatic carbocycles. The number of hydrogen-bond acceptors (Lipinski definition) is 2. The molecule has 0 radical (unpaired) electrons. The van der Waals surface area contributed by atoms with Crippen LogP contribution in [0, 0.1) is 23.2 Å². The number of ether oxygens (including phenoxy) is 1. The van der Waals surface area contributed by atoms with E-state index in [0.29, 0.717) is 5.92 Å². The fraction of sp³-hybridized carbons (Fsp3) is 0.632. The summed E-state index contributed by atoms with van der Waals surface area (Å²) < 4.78 is 6.20. The van der Waals surface area contributed by atoms with Crippen molar-refractivity contribution in [3.63, 3.8) is 0 Å². The molecule has 0 aromatic heterocycles. The van der Waals surface area contributed by atoms with Gasteiger partial charge in [-0.2, -0.15) is 5.26 Å². The van der Waals surface area contributed by atoms with Gasteiger partial charge in [-0.1, -0.05) is 46.2 Å². The molecule has 0 spiro atoms. The highest BCUT2D eigenvalue weighted by molar-refractivity contribution is 5.32. The summed E-state index contributed by atoms with van der Waals surface area (Å²) in [6.45, 7) is 8.85. The first-order chi connectivity index (χ1) is 9.94. The van der Waals surface area contributed by atoms with Gasteiger partial charge in [0, 0.05) is 0 Å². The van der Waals surface area contributed by atoms with Gasteiger partial charge in [-0.25, -0.2) is 0 Å². The maximum absolute atomic E-state index is 9.35. The SMILES string of the molecule is CCC1CCC(C#N)C(Oc2cccc(C(C)(C)C)c2)C1. The molecule has 1 aliphatic rings. The van der Waals surface area contributed by atoms with Crippen molar-refractivity contribution >= 4 is 0 Å². The third-order valence-corrected chi connectivity index (χ3v) is 4.63. The van der Waals surface area contributed by atoms with Gasteiger partial charge in [-0.3, -0.25) is 0 Å². The molecule has 2 nitrogen and oxygen atoms in total. The highest BCUT2D eigenvalue weighted by atomic mass is 16.5. The predicted molar refractivity (Wildman–Crippen MR) is 86.3 cm³/mol. The number of rotatable bonds is 3. The maximum Gasteiger partial charge on any atom is 0.120 e. The molecular formula is C19H27NO. The van der Waals surface area contributed by atoms with Crippen LogP contribution in [0.2, 0.25) is 0 Å². The summed E-state index contributed by atoms with van der Waals surface area (Å²) in [5.41, 5.74) is 1.39. The van der Waals surface area contributed by atoms with Crippen molar-refractivity contribution in [2.75, 3.05) is 0 Å². The van der Waals surface area contributed by atoms with Crippen LogP contribution < -0.4 is 4.74 Å². The molecule has 0 heterocycles. The average molecular weight is 285 g/mol. The van der Waals surface area contributed by atoms with Gasteiger partial charge in [0.05, 0.1) is 12.0 Å². The fourth-order valence-electron chi connectivity index (χ4n) is 3.07. The van der Waals surface area contributed by atoms with Gasteiger partial charge < -0.3 is 4.74 Å². The molecular weight excluding hydrogens is 258 g/mol. The Morgan fingerprint density at radius 1 is 1.29 bits per heavy atom. The number of hydrogen-bond donors (Lipinski definition) is 0. The summed E-state index contributed by atoms with van der Waals surface area (Å²) >= 11 is 0. The van der Waals surface area contributed by atoms with Crippen molar-refractivity contribution in [3.05, 3.63) is 29.8 Å². The summed E-state index contributed by atoms with van der Waals surface area (Å²) in [6.07, 6.45) is 4.37. The van der Waals surface area contributed by atoms with E-state index >= 15 is 0 Å². The molecule has 21 heavy (non-hydrogen) atoms. The molecule has 0 N–H and O–H groups in total. The Morgan fingerprint density at radius 3 is 2.67 bits per heavy atom. The van der Waals surface area contributed by atoms with Gasteiger partial charge in [0.1, 0.15) is 11.9 Å². The van der Waals surface area contributed by atoms with Crippen LogP contribution >= 0.6 is 0 Å². The van der Waals surface area contributed by atoms with Crippen molar-refractivity contribution in [2.24, 2.45) is 11.8 Å². The lowest BCUT2D eigenvalue weighted by molar-refractivity contribution is 0.0891. The zero-order chi connectivity index (χ0) is 15.5. The van der Waals surface area contributed by atoms with E-state index in [-0.39, 0.29) is 17.4 Å². The zero-order valence-corrected chi connectivity index (χ0v) is 13.7. The van der Waals surface area contributed by atoms with Gasteiger partial charge >= 0.3 is 0 Å². The highest BCUT2D eigenvalue weighted by Crippen LogP contribution is 2.34. The van der Waals surface area contributed by atoms with Crippen molar-refractivity contribution in [1.29, 1.82) is 5.26 Å². The van der Waals surface area contributed by atoms with E-state index in [9.17, 15) is 5.26 Å². The standard InChI is InChI=1S/C19H27NO/c1-5-14-9-10-15(13-20)18(11-14)21-17-8-6-7-16(12-17)19(2,3)4/h6-8,12,14-15,18H,5,9-11H2,1-4H3. The normalized spacial score (nSPS) is 26.1. The molecule has 0 bridgehead atoms. The topological polar surface area (TPSA) is 33.0 Å². The minimum absolute atomic E-state index is 0.0334. The molecule has 1 aromatic rings. The quantitative estimate of drug-likeness (QED) is 0.775. The van der Waals surface area contributed by atoms with E-state index < -0.39 is 0 Å². The molecule has 2 heteroatoms. The molecule has 1 saturated carbocycles. The van der Waals surface area contributed by atoms with E-state index in [4.69, 9.17) is 4.74 Å². The number of nitrogens with zero attached hydrogens (tertiary/aromatic N) is 1. The third kappa shape index (κ3) is 4.00. The smallest absolute Gasteiger partial charge is 0.120 e. The second-order valence-corrected chi connectivity index (χ2v) is 7.26. The van der Waals surface area contributed by atoms with Gasteiger partial charge in [-0.15, -0.1) is 0 Å². The van der Waals surface area contributed by atoms with Crippen LogP contribution in [0.15, 0.2) is 24.3 Å². The summed E-state index contributed by atoms with van der Waals surface area (Å²) in [5, 5.41) is 9.35. The Balaban J connectivity index is 2.14. The molecule has 0 aliphatic heterocycles. The minimum Gasteiger partial charge on any atom is -0.489 e. The minimum atomic E-state index is 0.0334. The molecule has 1 fully saturated rings. The lowest BCUT2D eigenvalue weighted by Crippen LogP contribution is -2.33. The van der Waals surface area contributed by atoms with Crippen molar-refractivity contribution in [2.45, 2.75) is 64.9 Å². The van der Waals surface area contributed by atoms with E-state index in [1.54, 1.807) is 0 Å². The van der Waals surface area contributed by atoms with Crippen LogP contribution in [0.3, 0.4) is 0 Å². The van der Waals surface area contributed by atoms with Crippen LogP contribution in [0.5, 0.6) is 5.75 Å². The lowest BCUT2D eigenvalue weighted by atomic mass is 9.79. The van der Waals surface area contributed by atoms with Crippen LogP contribution in [-0.4, -0.2) is 6.10 Å². The Morgan fingerprint density at radius 2 is 2.05 bits per heavy atom. The third-order valence-electron chi connectivity index (χ3n) is 4.63. The van der Waals surface area contributed by atoms with Crippen molar-refractivity contribution < 1.29 is 4.74 Å². The first-order valence-electron chi connectivity index (χ1n) is 8.11. The zero-order valence-electron chi connectivity index (χ0n) is 13.7. The second kappa shape index (κ2) is 6.52. The molecule has 0 saturated heterocycles. The monoisotopic (exact) mass is 285 g/mol. The van der Waals surface area contributed by atoms with Crippen molar-refractivity contribution in [3.8, 4) is 11.8 Å². The van der Waals surface area contributed by atoms with Crippen LogP contribution in [-0.2, 0) is 5.41 Å². The van der Waals surface area contributed by atoms with E-state index in [1.807, 2.05) is 6.07 Å². The summed E-state index contributed by atoms with van der Waals surface area (Å²) in [4.78, 5) is 0. The van der Waals surface area contributed by atoms with Crippen LogP contribution in [0.1, 0.15) is 58.9 Å². The first-order valence-corrected chi connectivity index (χ1v) is 8.11. The molecule has 1 aliphatic carbocycles. The molecule has 2 rings (SSSR count). The Labute approximate surface area is 129 Å². The van der Waals surface area contributed by atoms with Crippen LogP contribution in [0.25, 0.3) is 0 Å². The molecule has 0 amide bonds. The van der Waals surface area contributed by atoms with E-state index in [2.05, 4.69) is 52.0 Å². The lowest BCUT2D eigenvalue weighted by Gasteiger charge is -2.33. The Hall–Kier alpha value is -1.49. The average Bonchev–Trinajstić information content (AvgIpc) is 2.46. The Bertz CT molecular complexity index is 509. The van der Waals surface area contributed by atoms with E-state index in [0.717, 1.165) is 25.0 Å². The van der Waals surface area contributed by atoms with Gasteiger partial charge in [0.15, 0.2) is 0 Å². The molecule has 3 unspecified atom stereocenters. The number of benzene rings is 1. The second-order valence-electron chi connectivity index (χ2n) is 7.26. The largest absolute Gasteiger partial charge is 0.489 e. The van der Waals surface area contributed by atoms with Gasteiger partial charge in [0.2, 0.25) is 0 Å². The fourth-order valence-corrected chi connectivity index (χ4v) is 3.07. The summed E-state index contributed by atoms with van der Waals surface area (Å²) in [6, 6.07) is 10.8. The van der Waals surface area contributed by atoms with Gasteiger partial charge in [0.25, 0.3) is 0 Å². The predicted octanol–water partition coefficient (Wildman–Crippen LogP) is 5.08.